The maximum Gasteiger partial charge on any atom is 0.253 e. The summed E-state index contributed by atoms with van der Waals surface area (Å²) in [5.74, 6) is 0.0340. The van der Waals surface area contributed by atoms with Crippen molar-refractivity contribution in [3.05, 3.63) is 24.3 Å². The number of hydrogen-bond acceptors (Lipinski definition) is 5. The number of nitrogens with one attached hydrogen (secondary N) is 4. The molecule has 1 saturated carbocycles. The quantitative estimate of drug-likeness (QED) is 0.396. The average molecular weight is 401 g/mol. The lowest BCUT2D eigenvalue weighted by Crippen LogP contribution is -2.51. The largest absolute Gasteiger partial charge is 0.494 e. The van der Waals surface area contributed by atoms with Gasteiger partial charge in [-0.25, -0.2) is 13.1 Å². The first-order valence-electron chi connectivity index (χ1n) is 8.48. The first kappa shape index (κ1) is 20.4. The summed E-state index contributed by atoms with van der Waals surface area (Å²) in [5.41, 5.74) is 4.94. The number of rotatable bonds is 7. The summed E-state index contributed by atoms with van der Waals surface area (Å²) in [6, 6.07) is 6.29. The molecule has 0 atom stereocenters. The molecule has 144 valence electrons. The monoisotopic (exact) mass is 400 g/mol. The molecule has 1 amide bonds. The van der Waals surface area contributed by atoms with Gasteiger partial charge in [-0.05, 0) is 56.2 Å². The van der Waals surface area contributed by atoms with Crippen molar-refractivity contribution < 1.29 is 17.9 Å². The normalized spacial score (nSPS) is 14.7. The van der Waals surface area contributed by atoms with Gasteiger partial charge in [0.2, 0.25) is 10.0 Å². The lowest BCUT2D eigenvalue weighted by atomic mass is 10.3. The van der Waals surface area contributed by atoms with Crippen LogP contribution in [-0.2, 0) is 14.8 Å². The van der Waals surface area contributed by atoms with E-state index in [0.717, 1.165) is 12.8 Å². The zero-order chi connectivity index (χ0) is 19.0. The highest BCUT2D eigenvalue weighted by molar-refractivity contribution is 7.89. The van der Waals surface area contributed by atoms with Crippen LogP contribution in [0.5, 0.6) is 5.75 Å². The van der Waals surface area contributed by atoms with E-state index in [9.17, 15) is 13.2 Å². The van der Waals surface area contributed by atoms with Gasteiger partial charge in [0.25, 0.3) is 5.91 Å². The second-order valence-corrected chi connectivity index (χ2v) is 8.03. The van der Waals surface area contributed by atoms with E-state index in [1.807, 2.05) is 6.92 Å². The Morgan fingerprint density at radius 2 is 1.85 bits per heavy atom. The number of carbonyl (C=O) groups is 1. The maximum absolute atomic E-state index is 12.2. The molecular formula is C16H24N4O4S2. The summed E-state index contributed by atoms with van der Waals surface area (Å²) in [5, 5.41) is 3.42. The molecule has 8 nitrogen and oxygen atoms in total. The fraction of sp³-hybridized carbons (Fsp3) is 0.500. The Morgan fingerprint density at radius 1 is 1.19 bits per heavy atom. The molecule has 1 aromatic carbocycles. The van der Waals surface area contributed by atoms with E-state index in [1.165, 1.54) is 25.0 Å². The van der Waals surface area contributed by atoms with Crippen molar-refractivity contribution in [3.8, 4) is 5.75 Å². The molecule has 0 aromatic heterocycles. The van der Waals surface area contributed by atoms with Crippen LogP contribution < -0.4 is 25.6 Å². The van der Waals surface area contributed by atoms with E-state index in [1.54, 1.807) is 12.1 Å². The Hall–Kier alpha value is -1.91. The van der Waals surface area contributed by atoms with E-state index in [0.29, 0.717) is 23.5 Å². The summed E-state index contributed by atoms with van der Waals surface area (Å²) in [4.78, 5) is 11.8. The van der Waals surface area contributed by atoms with Gasteiger partial charge in [0.05, 0.1) is 18.0 Å². The third kappa shape index (κ3) is 6.43. The van der Waals surface area contributed by atoms with Crippen molar-refractivity contribution in [2.75, 3.05) is 13.2 Å². The molecule has 0 aliphatic heterocycles. The van der Waals surface area contributed by atoms with E-state index in [4.69, 9.17) is 17.0 Å². The zero-order valence-corrected chi connectivity index (χ0v) is 16.2. The summed E-state index contributed by atoms with van der Waals surface area (Å²) in [6.07, 6.45) is 4.44. The number of ether oxygens (including phenoxy) is 1. The van der Waals surface area contributed by atoms with Gasteiger partial charge >= 0.3 is 0 Å². The van der Waals surface area contributed by atoms with Gasteiger partial charge in [0, 0.05) is 6.04 Å². The fourth-order valence-electron chi connectivity index (χ4n) is 2.59. The van der Waals surface area contributed by atoms with Gasteiger partial charge in [-0.3, -0.25) is 15.6 Å². The van der Waals surface area contributed by atoms with Crippen molar-refractivity contribution in [1.29, 1.82) is 0 Å². The van der Waals surface area contributed by atoms with Crippen molar-refractivity contribution in [1.82, 2.24) is 20.9 Å². The molecule has 2 rings (SSSR count). The summed E-state index contributed by atoms with van der Waals surface area (Å²) in [7, 11) is -3.79. The van der Waals surface area contributed by atoms with E-state index in [2.05, 4.69) is 20.9 Å². The molecule has 1 aromatic rings. The number of thiocarbonyl (C=S) groups is 1. The van der Waals surface area contributed by atoms with Gasteiger partial charge in [0.15, 0.2) is 5.11 Å². The minimum Gasteiger partial charge on any atom is -0.494 e. The Bertz CT molecular complexity index is 716. The summed E-state index contributed by atoms with van der Waals surface area (Å²) >= 11 is 5.09. The van der Waals surface area contributed by atoms with Crippen molar-refractivity contribution in [2.24, 2.45) is 0 Å². The number of hydrazine groups is 1. The molecule has 4 N–H and O–H groups in total. The number of benzene rings is 1. The smallest absolute Gasteiger partial charge is 0.253 e. The molecule has 26 heavy (non-hydrogen) atoms. The second-order valence-electron chi connectivity index (χ2n) is 5.86. The van der Waals surface area contributed by atoms with E-state index in [-0.39, 0.29) is 4.90 Å². The molecule has 1 fully saturated rings. The zero-order valence-electron chi connectivity index (χ0n) is 14.6. The molecule has 0 unspecified atom stereocenters. The van der Waals surface area contributed by atoms with Gasteiger partial charge < -0.3 is 10.1 Å². The van der Waals surface area contributed by atoms with Crippen molar-refractivity contribution in [3.63, 3.8) is 0 Å². The maximum atomic E-state index is 12.2. The molecule has 1 aliphatic carbocycles. The molecule has 0 heterocycles. The third-order valence-electron chi connectivity index (χ3n) is 3.87. The predicted octanol–water partition coefficient (Wildman–Crippen LogP) is 0.802. The highest BCUT2D eigenvalue weighted by atomic mass is 32.2. The van der Waals surface area contributed by atoms with Gasteiger partial charge in [0.1, 0.15) is 5.75 Å². The topological polar surface area (TPSA) is 109 Å². The van der Waals surface area contributed by atoms with Crippen LogP contribution in [0.1, 0.15) is 32.6 Å². The Kier molecular flexibility index (Phi) is 7.61. The predicted molar refractivity (Wildman–Crippen MR) is 102 cm³/mol. The molecular weight excluding hydrogens is 376 g/mol. The highest BCUT2D eigenvalue weighted by Gasteiger charge is 2.17. The number of hydrogen-bond donors (Lipinski definition) is 4. The SMILES string of the molecule is CCOc1ccc(S(=O)(=O)NCC(=O)NNC(=S)NC2CCCC2)cc1. The number of carbonyl (C=O) groups excluding carboxylic acids is 1. The van der Waals surface area contributed by atoms with Crippen LogP contribution in [0.2, 0.25) is 0 Å². The van der Waals surface area contributed by atoms with Crippen molar-refractivity contribution in [2.45, 2.75) is 43.5 Å². The van der Waals surface area contributed by atoms with Crippen LogP contribution in [0.3, 0.4) is 0 Å². The Labute approximate surface area is 159 Å². The lowest BCUT2D eigenvalue weighted by molar-refractivity contribution is -0.120. The van der Waals surface area contributed by atoms with Crippen LogP contribution in [0.15, 0.2) is 29.2 Å². The molecule has 0 spiro atoms. The van der Waals surface area contributed by atoms with E-state index >= 15 is 0 Å². The standard InChI is InChI=1S/C16H24N4O4S2/c1-2-24-13-7-9-14(10-8-13)26(22,23)17-11-15(21)19-20-16(25)18-12-5-3-4-6-12/h7-10,12,17H,2-6,11H2,1H3,(H,19,21)(H2,18,20,25). The number of sulfonamides is 1. The minimum atomic E-state index is -3.79. The van der Waals surface area contributed by atoms with Gasteiger partial charge in [-0.1, -0.05) is 12.8 Å². The van der Waals surface area contributed by atoms with Crippen LogP contribution >= 0.6 is 12.2 Å². The van der Waals surface area contributed by atoms with Gasteiger partial charge in [-0.2, -0.15) is 0 Å². The summed E-state index contributed by atoms with van der Waals surface area (Å²) in [6.45, 7) is 1.93. The lowest BCUT2D eigenvalue weighted by Gasteiger charge is -2.16. The molecule has 0 radical (unpaired) electrons. The fourth-order valence-corrected chi connectivity index (χ4v) is 3.79. The van der Waals surface area contributed by atoms with Crippen molar-refractivity contribution >= 4 is 33.3 Å². The van der Waals surface area contributed by atoms with E-state index < -0.39 is 22.5 Å². The molecule has 0 saturated heterocycles. The number of amides is 1. The highest BCUT2D eigenvalue weighted by Crippen LogP contribution is 2.17. The average Bonchev–Trinajstić information content (AvgIpc) is 3.12. The third-order valence-corrected chi connectivity index (χ3v) is 5.51. The molecule has 10 heteroatoms. The molecule has 1 aliphatic rings. The van der Waals surface area contributed by atoms with Gasteiger partial charge in [-0.15, -0.1) is 0 Å². The Morgan fingerprint density at radius 3 is 2.46 bits per heavy atom. The van der Waals surface area contributed by atoms with Crippen LogP contribution in [0.25, 0.3) is 0 Å². The first-order chi connectivity index (χ1) is 12.4. The second kappa shape index (κ2) is 9.70. The first-order valence-corrected chi connectivity index (χ1v) is 10.4. The molecule has 0 bridgehead atoms. The van der Waals surface area contributed by atoms with Crippen LogP contribution in [-0.4, -0.2) is 38.6 Å². The Balaban J connectivity index is 1.75. The van der Waals surface area contributed by atoms with Crippen LogP contribution in [0.4, 0.5) is 0 Å². The summed E-state index contributed by atoms with van der Waals surface area (Å²) < 4.78 is 31.9. The van der Waals surface area contributed by atoms with Crippen LogP contribution in [0, 0.1) is 0 Å². The minimum absolute atomic E-state index is 0.0557.